The second-order valence-electron chi connectivity index (χ2n) is 8.25. The van der Waals surface area contributed by atoms with Crippen molar-refractivity contribution in [3.05, 3.63) is 36.5 Å². The first kappa shape index (κ1) is 20.9. The Morgan fingerprint density at radius 3 is 1.74 bits per heavy atom. The predicted molar refractivity (Wildman–Crippen MR) is 99.3 cm³/mol. The van der Waals surface area contributed by atoms with Crippen LogP contribution >= 0.6 is 0 Å². The van der Waals surface area contributed by atoms with Crippen LogP contribution in [0.1, 0.15) is 46.5 Å². The number of carboxylic acids is 3. The molecule has 0 aromatic carbocycles. The first-order chi connectivity index (χ1) is 12.4. The van der Waals surface area contributed by atoms with Gasteiger partial charge < -0.3 is 15.3 Å². The van der Waals surface area contributed by atoms with E-state index in [9.17, 15) is 29.7 Å². The highest BCUT2D eigenvalue weighted by atomic mass is 16.4. The molecule has 2 bridgehead atoms. The first-order valence-corrected chi connectivity index (χ1v) is 8.99. The van der Waals surface area contributed by atoms with Crippen LogP contribution in [-0.4, -0.2) is 55.2 Å². The molecule has 3 N–H and O–H groups in total. The number of nitrogens with zero attached hydrogens (tertiary/aromatic N) is 1. The van der Waals surface area contributed by atoms with Crippen molar-refractivity contribution in [2.24, 2.45) is 5.41 Å². The lowest BCUT2D eigenvalue weighted by atomic mass is 9.62. The molecule has 0 spiro atoms. The van der Waals surface area contributed by atoms with Crippen molar-refractivity contribution < 1.29 is 29.7 Å². The van der Waals surface area contributed by atoms with E-state index in [1.165, 1.54) is 12.2 Å². The van der Waals surface area contributed by atoms with E-state index in [1.54, 1.807) is 6.08 Å². The van der Waals surface area contributed by atoms with Gasteiger partial charge in [-0.05, 0) is 46.5 Å². The zero-order chi connectivity index (χ0) is 20.5. The van der Waals surface area contributed by atoms with Gasteiger partial charge in [0.05, 0.1) is 5.54 Å². The summed E-state index contributed by atoms with van der Waals surface area (Å²) < 4.78 is 0. The molecule has 0 unspecified atom stereocenters. The van der Waals surface area contributed by atoms with E-state index in [4.69, 9.17) is 0 Å². The minimum Gasteiger partial charge on any atom is -0.478 e. The topological polar surface area (TPSA) is 115 Å². The van der Waals surface area contributed by atoms with Crippen LogP contribution in [0.3, 0.4) is 0 Å². The van der Waals surface area contributed by atoms with Crippen molar-refractivity contribution in [2.45, 2.75) is 63.6 Å². The first-order valence-electron chi connectivity index (χ1n) is 8.99. The Labute approximate surface area is 158 Å². The maximum absolute atomic E-state index is 11.3. The Kier molecular flexibility index (Phi) is 5.65. The predicted octanol–water partition coefficient (Wildman–Crippen LogP) is 2.69. The highest BCUT2D eigenvalue weighted by Crippen LogP contribution is 2.59. The van der Waals surface area contributed by atoms with Crippen LogP contribution in [0.2, 0.25) is 0 Å². The van der Waals surface area contributed by atoms with Crippen LogP contribution in [0.4, 0.5) is 0 Å². The fraction of sp³-hybridized carbons (Fsp3) is 0.550. The van der Waals surface area contributed by atoms with Crippen LogP contribution in [0.15, 0.2) is 36.5 Å². The zero-order valence-corrected chi connectivity index (χ0v) is 15.9. The average molecular weight is 377 g/mol. The Bertz CT molecular complexity index is 690. The van der Waals surface area contributed by atoms with E-state index in [-0.39, 0.29) is 11.6 Å². The summed E-state index contributed by atoms with van der Waals surface area (Å²) in [6.45, 7) is 6.10. The van der Waals surface area contributed by atoms with Gasteiger partial charge in [-0.1, -0.05) is 18.2 Å². The number of carboxylic acid groups (broad SMARTS) is 3. The molecule has 2 fully saturated rings. The third-order valence-electron chi connectivity index (χ3n) is 5.62. The molecule has 0 amide bonds. The van der Waals surface area contributed by atoms with Gasteiger partial charge in [-0.2, -0.15) is 0 Å². The molecule has 0 aromatic rings. The number of piperidine rings is 1. The molecule has 0 aromatic heterocycles. The molecule has 0 saturated carbocycles. The molecule has 7 nitrogen and oxygen atoms in total. The molecule has 2 saturated heterocycles. The maximum atomic E-state index is 11.3. The highest BCUT2D eigenvalue weighted by molar-refractivity contribution is 5.82. The third kappa shape index (κ3) is 3.98. The monoisotopic (exact) mass is 377 g/mol. The van der Waals surface area contributed by atoms with E-state index in [0.29, 0.717) is 12.8 Å². The Hall–Kier alpha value is -2.41. The summed E-state index contributed by atoms with van der Waals surface area (Å²) in [7, 11) is 0. The van der Waals surface area contributed by atoms with Gasteiger partial charge in [0.25, 0.3) is 0 Å². The summed E-state index contributed by atoms with van der Waals surface area (Å²) in [5, 5.41) is 27.6. The van der Waals surface area contributed by atoms with Crippen molar-refractivity contribution in [3.63, 3.8) is 0 Å². The van der Waals surface area contributed by atoms with E-state index >= 15 is 0 Å². The lowest BCUT2D eigenvalue weighted by Gasteiger charge is -2.59. The molecule has 0 radical (unpaired) electrons. The van der Waals surface area contributed by atoms with E-state index in [1.807, 2.05) is 20.8 Å². The van der Waals surface area contributed by atoms with Crippen LogP contribution < -0.4 is 0 Å². The Balaban J connectivity index is 2.75. The van der Waals surface area contributed by atoms with E-state index in [0.717, 1.165) is 31.1 Å². The molecular weight excluding hydrogens is 350 g/mol. The fourth-order valence-corrected chi connectivity index (χ4v) is 4.94. The third-order valence-corrected chi connectivity index (χ3v) is 5.62. The normalized spacial score (nSPS) is 31.9. The van der Waals surface area contributed by atoms with Crippen molar-refractivity contribution in [1.29, 1.82) is 0 Å². The molecule has 7 heteroatoms. The van der Waals surface area contributed by atoms with Crippen molar-refractivity contribution in [1.82, 2.24) is 4.90 Å². The summed E-state index contributed by atoms with van der Waals surface area (Å²) in [5.41, 5.74) is -2.07. The molecule has 2 atom stereocenters. The summed E-state index contributed by atoms with van der Waals surface area (Å²) >= 11 is 0. The summed E-state index contributed by atoms with van der Waals surface area (Å²) in [6.07, 6.45) is 10.6. The summed E-state index contributed by atoms with van der Waals surface area (Å²) in [5.74, 6) is -3.35. The number of hydrogen-bond donors (Lipinski definition) is 3. The van der Waals surface area contributed by atoms with Crippen LogP contribution in [-0.2, 0) is 14.4 Å². The minimum absolute atomic E-state index is 0.230. The lowest BCUT2D eigenvalue weighted by molar-refractivity contribution is -0.132. The molecule has 2 aliphatic rings. The SMILES string of the molecule is CC(C)(C)N1[C@@H]2CCC(C=CC(=O)O)(C=CC(=O)O)[C@@]1(C=CC(=O)O)CC2. The zero-order valence-electron chi connectivity index (χ0n) is 15.9. The fourth-order valence-electron chi connectivity index (χ4n) is 4.94. The lowest BCUT2D eigenvalue weighted by Crippen LogP contribution is -2.65. The number of hydrogen-bond acceptors (Lipinski definition) is 4. The van der Waals surface area contributed by atoms with Crippen molar-refractivity contribution >= 4 is 17.9 Å². The van der Waals surface area contributed by atoms with Gasteiger partial charge >= 0.3 is 17.9 Å². The number of fused-ring (bicyclic) bond motifs is 2. The largest absolute Gasteiger partial charge is 0.478 e. The van der Waals surface area contributed by atoms with Gasteiger partial charge in [0.2, 0.25) is 0 Å². The number of aliphatic carboxylic acids is 3. The van der Waals surface area contributed by atoms with Gasteiger partial charge in [-0.15, -0.1) is 0 Å². The molecule has 2 rings (SSSR count). The van der Waals surface area contributed by atoms with Crippen molar-refractivity contribution in [3.8, 4) is 0 Å². The number of rotatable bonds is 6. The summed E-state index contributed by atoms with van der Waals surface area (Å²) in [6, 6.07) is 0.230. The van der Waals surface area contributed by atoms with Crippen molar-refractivity contribution in [2.75, 3.05) is 0 Å². The Morgan fingerprint density at radius 1 is 0.852 bits per heavy atom. The second kappa shape index (κ2) is 7.31. The van der Waals surface area contributed by atoms with E-state index < -0.39 is 28.9 Å². The molecule has 27 heavy (non-hydrogen) atoms. The van der Waals surface area contributed by atoms with Crippen LogP contribution in [0.25, 0.3) is 0 Å². The molecule has 0 aliphatic carbocycles. The summed E-state index contributed by atoms with van der Waals surface area (Å²) in [4.78, 5) is 36.0. The Morgan fingerprint density at radius 2 is 1.30 bits per heavy atom. The number of carbonyl (C=O) groups is 3. The van der Waals surface area contributed by atoms with Gasteiger partial charge in [-0.25, -0.2) is 14.4 Å². The maximum Gasteiger partial charge on any atom is 0.328 e. The van der Waals surface area contributed by atoms with Gasteiger partial charge in [0.1, 0.15) is 0 Å². The molecule has 148 valence electrons. The highest BCUT2D eigenvalue weighted by Gasteiger charge is 2.61. The van der Waals surface area contributed by atoms with Gasteiger partial charge in [0.15, 0.2) is 0 Å². The molecule has 2 heterocycles. The minimum atomic E-state index is -1.13. The molecular formula is C20H27NO6. The van der Waals surface area contributed by atoms with Crippen LogP contribution in [0, 0.1) is 5.41 Å². The molecule has 2 aliphatic heterocycles. The van der Waals surface area contributed by atoms with Gasteiger partial charge in [0, 0.05) is 35.2 Å². The quantitative estimate of drug-likeness (QED) is 0.610. The second-order valence-corrected chi connectivity index (χ2v) is 8.25. The standard InChI is InChI=1S/C20H27NO6/c1-18(2,3)21-14-4-9-19(10-6-15(22)23,11-7-16(24)25)20(21,12-5-14)13-8-17(26)27/h6-8,10-11,13-14H,4-5,9,12H2,1-3H3,(H,22,23)(H,24,25)(H,26,27)/t14-,19?,20+/m1/s1. The smallest absolute Gasteiger partial charge is 0.328 e. The average Bonchev–Trinajstić information content (AvgIpc) is 2.86. The van der Waals surface area contributed by atoms with Crippen LogP contribution in [0.5, 0.6) is 0 Å². The van der Waals surface area contributed by atoms with Gasteiger partial charge in [-0.3, -0.25) is 4.90 Å². The van der Waals surface area contributed by atoms with E-state index in [2.05, 4.69) is 4.90 Å².